The Labute approximate surface area is 210 Å². The molecule has 1 aliphatic rings. The molecule has 2 aromatic heterocycles. The lowest BCUT2D eigenvalue weighted by atomic mass is 9.95. The van der Waals surface area contributed by atoms with Crippen molar-refractivity contribution < 1.29 is 4.39 Å². The predicted molar refractivity (Wildman–Crippen MR) is 138 cm³/mol. The second kappa shape index (κ2) is 11.0. The fourth-order valence-corrected chi connectivity index (χ4v) is 5.48. The zero-order valence-corrected chi connectivity index (χ0v) is 20.8. The molecule has 0 aliphatic heterocycles. The van der Waals surface area contributed by atoms with Gasteiger partial charge < -0.3 is 0 Å². The number of aromatic nitrogens is 6. The smallest absolute Gasteiger partial charge is 0.292 e. The van der Waals surface area contributed by atoms with Crippen molar-refractivity contribution in [3.8, 4) is 22.5 Å². The summed E-state index contributed by atoms with van der Waals surface area (Å²) < 4.78 is 18.0. The number of alkyl halides is 1. The second-order valence-electron chi connectivity index (χ2n) is 9.64. The summed E-state index contributed by atoms with van der Waals surface area (Å²) in [6, 6.07) is 16.3. The Morgan fingerprint density at radius 3 is 2.42 bits per heavy atom. The number of aromatic amines is 1. The molecule has 0 unspecified atom stereocenters. The van der Waals surface area contributed by atoms with Gasteiger partial charge in [-0.3, -0.25) is 9.13 Å². The number of tetrazole rings is 1. The summed E-state index contributed by atoms with van der Waals surface area (Å²) in [6.07, 6.45) is 7.98. The van der Waals surface area contributed by atoms with Gasteiger partial charge in [0, 0.05) is 17.3 Å². The molecule has 0 saturated heterocycles. The van der Waals surface area contributed by atoms with E-state index in [9.17, 15) is 9.18 Å². The molecule has 0 radical (unpaired) electrons. The normalized spacial score (nSPS) is 14.4. The predicted octanol–water partition coefficient (Wildman–Crippen LogP) is 5.86. The SMILES string of the molecule is CCCCc1c(CF)n(C2CCCCC2)c(=O)n1Cc1ccc(-c2ccccc2-c2nn[nH]n2)cc1. The minimum absolute atomic E-state index is 0.0628. The highest BCUT2D eigenvalue weighted by Gasteiger charge is 2.26. The van der Waals surface area contributed by atoms with Gasteiger partial charge in [-0.2, -0.15) is 5.21 Å². The standard InChI is InChI=1S/C28H33FN6O/c1-2-3-13-25-26(18-29)35(22-9-5-4-6-10-22)28(36)34(25)19-20-14-16-21(17-15-20)23-11-7-8-12-24(23)27-30-32-33-31-27/h7-8,11-12,14-17,22H,2-6,9-10,13,18-19H2,1H3,(H,30,31,32,33). The molecule has 188 valence electrons. The molecule has 1 fully saturated rings. The lowest BCUT2D eigenvalue weighted by molar-refractivity contribution is 0.326. The van der Waals surface area contributed by atoms with Crippen LogP contribution in [-0.2, 0) is 19.6 Å². The highest BCUT2D eigenvalue weighted by atomic mass is 19.1. The van der Waals surface area contributed by atoms with Gasteiger partial charge in [0.05, 0.1) is 12.2 Å². The Morgan fingerprint density at radius 2 is 1.75 bits per heavy atom. The number of nitrogens with one attached hydrogen (secondary N) is 1. The number of hydrogen-bond acceptors (Lipinski definition) is 4. The quantitative estimate of drug-likeness (QED) is 0.320. The summed E-state index contributed by atoms with van der Waals surface area (Å²) >= 11 is 0. The van der Waals surface area contributed by atoms with Crippen molar-refractivity contribution in [1.29, 1.82) is 0 Å². The number of rotatable bonds is 9. The van der Waals surface area contributed by atoms with Gasteiger partial charge in [0.15, 0.2) is 0 Å². The first kappa shape index (κ1) is 24.2. The van der Waals surface area contributed by atoms with Crippen LogP contribution in [0.4, 0.5) is 4.39 Å². The van der Waals surface area contributed by atoms with E-state index in [1.807, 2.05) is 41.0 Å². The second-order valence-corrected chi connectivity index (χ2v) is 9.64. The number of H-pyrrole nitrogens is 1. The van der Waals surface area contributed by atoms with Crippen molar-refractivity contribution >= 4 is 0 Å². The first-order chi connectivity index (χ1) is 17.7. The van der Waals surface area contributed by atoms with Crippen molar-refractivity contribution in [3.05, 3.63) is 76.0 Å². The third kappa shape index (κ3) is 4.76. The summed E-state index contributed by atoms with van der Waals surface area (Å²) in [6.45, 7) is 1.97. The van der Waals surface area contributed by atoms with Crippen molar-refractivity contribution in [2.75, 3.05) is 0 Å². The van der Waals surface area contributed by atoms with E-state index in [2.05, 4.69) is 39.7 Å². The Bertz CT molecular complexity index is 1330. The fraction of sp³-hybridized carbons (Fsp3) is 0.429. The molecule has 36 heavy (non-hydrogen) atoms. The van der Waals surface area contributed by atoms with Crippen molar-refractivity contribution in [1.82, 2.24) is 29.8 Å². The molecule has 2 heterocycles. The van der Waals surface area contributed by atoms with Gasteiger partial charge in [0.25, 0.3) is 0 Å². The average molecular weight is 489 g/mol. The summed E-state index contributed by atoms with van der Waals surface area (Å²) in [7, 11) is 0. The molecule has 5 rings (SSSR count). The van der Waals surface area contributed by atoms with Gasteiger partial charge in [-0.05, 0) is 47.6 Å². The molecule has 0 amide bonds. The monoisotopic (exact) mass is 488 g/mol. The Hall–Kier alpha value is -3.55. The topological polar surface area (TPSA) is 81.4 Å². The molecular formula is C28H33FN6O. The van der Waals surface area contributed by atoms with Gasteiger partial charge in [-0.15, -0.1) is 10.2 Å². The van der Waals surface area contributed by atoms with Crippen LogP contribution in [0, 0.1) is 0 Å². The maximum Gasteiger partial charge on any atom is 0.329 e. The number of unbranched alkanes of at least 4 members (excludes halogenated alkanes) is 1. The highest BCUT2D eigenvalue weighted by Crippen LogP contribution is 2.31. The largest absolute Gasteiger partial charge is 0.329 e. The number of benzene rings is 2. The van der Waals surface area contributed by atoms with Gasteiger partial charge in [0.1, 0.15) is 6.67 Å². The van der Waals surface area contributed by atoms with E-state index in [4.69, 9.17) is 0 Å². The van der Waals surface area contributed by atoms with Crippen LogP contribution in [0.3, 0.4) is 0 Å². The lowest BCUT2D eigenvalue weighted by Crippen LogP contribution is -2.30. The van der Waals surface area contributed by atoms with E-state index in [1.54, 1.807) is 4.57 Å². The van der Waals surface area contributed by atoms with Gasteiger partial charge in [0.2, 0.25) is 5.82 Å². The lowest BCUT2D eigenvalue weighted by Gasteiger charge is -2.23. The number of hydrogen-bond donors (Lipinski definition) is 1. The van der Waals surface area contributed by atoms with Crippen LogP contribution in [0.25, 0.3) is 22.5 Å². The van der Waals surface area contributed by atoms with E-state index >= 15 is 0 Å². The molecule has 4 aromatic rings. The molecular weight excluding hydrogens is 455 g/mol. The molecule has 1 aliphatic carbocycles. The third-order valence-electron chi connectivity index (χ3n) is 7.34. The Balaban J connectivity index is 1.48. The molecule has 1 N–H and O–H groups in total. The summed E-state index contributed by atoms with van der Waals surface area (Å²) in [4.78, 5) is 13.6. The molecule has 0 atom stereocenters. The molecule has 7 nitrogen and oxygen atoms in total. The van der Waals surface area contributed by atoms with Crippen molar-refractivity contribution in [2.45, 2.75) is 77.6 Å². The van der Waals surface area contributed by atoms with E-state index in [-0.39, 0.29) is 11.7 Å². The van der Waals surface area contributed by atoms with Gasteiger partial charge in [-0.1, -0.05) is 81.1 Å². The molecule has 0 spiro atoms. The van der Waals surface area contributed by atoms with E-state index in [0.29, 0.717) is 18.1 Å². The van der Waals surface area contributed by atoms with Gasteiger partial charge >= 0.3 is 5.69 Å². The fourth-order valence-electron chi connectivity index (χ4n) is 5.48. The molecule has 2 aromatic carbocycles. The third-order valence-corrected chi connectivity index (χ3v) is 7.34. The van der Waals surface area contributed by atoms with Crippen LogP contribution >= 0.6 is 0 Å². The number of imidazole rings is 1. The summed E-state index contributed by atoms with van der Waals surface area (Å²) in [5, 5.41) is 14.5. The summed E-state index contributed by atoms with van der Waals surface area (Å²) in [5.41, 5.74) is 5.34. The minimum atomic E-state index is -0.594. The van der Waals surface area contributed by atoms with Crippen molar-refractivity contribution in [2.24, 2.45) is 0 Å². The maximum atomic E-state index is 14.4. The van der Waals surface area contributed by atoms with Gasteiger partial charge in [-0.25, -0.2) is 9.18 Å². The number of halogens is 1. The van der Waals surface area contributed by atoms with Crippen molar-refractivity contribution in [3.63, 3.8) is 0 Å². The zero-order chi connectivity index (χ0) is 24.9. The van der Waals surface area contributed by atoms with E-state index in [1.165, 1.54) is 6.42 Å². The maximum absolute atomic E-state index is 14.4. The van der Waals surface area contributed by atoms with Crippen LogP contribution in [0.5, 0.6) is 0 Å². The summed E-state index contributed by atoms with van der Waals surface area (Å²) in [5.74, 6) is 0.546. The Morgan fingerprint density at radius 1 is 1.00 bits per heavy atom. The Kier molecular flexibility index (Phi) is 7.39. The van der Waals surface area contributed by atoms with Crippen LogP contribution in [0.2, 0.25) is 0 Å². The molecule has 8 heteroatoms. The zero-order valence-electron chi connectivity index (χ0n) is 20.8. The highest BCUT2D eigenvalue weighted by molar-refractivity contribution is 5.80. The molecule has 1 saturated carbocycles. The van der Waals surface area contributed by atoms with Crippen LogP contribution in [-0.4, -0.2) is 29.8 Å². The minimum Gasteiger partial charge on any atom is -0.292 e. The van der Waals surface area contributed by atoms with Crippen LogP contribution in [0.1, 0.15) is 74.9 Å². The van der Waals surface area contributed by atoms with E-state index < -0.39 is 6.67 Å². The van der Waals surface area contributed by atoms with E-state index in [0.717, 1.165) is 72.9 Å². The first-order valence-electron chi connectivity index (χ1n) is 13.0. The molecule has 0 bridgehead atoms. The van der Waals surface area contributed by atoms with Crippen LogP contribution < -0.4 is 5.69 Å². The van der Waals surface area contributed by atoms with Crippen LogP contribution in [0.15, 0.2) is 53.3 Å². The first-order valence-corrected chi connectivity index (χ1v) is 13.0. The average Bonchev–Trinajstić information content (AvgIpc) is 3.55. The number of nitrogens with zero attached hydrogens (tertiary/aromatic N) is 5.